The van der Waals surface area contributed by atoms with Crippen molar-refractivity contribution in [3.05, 3.63) is 24.3 Å². The molecule has 0 heterocycles. The lowest BCUT2D eigenvalue weighted by Crippen LogP contribution is -2.50. The number of nitrogens with zero attached hydrogens (tertiary/aromatic N) is 1. The molecule has 0 fully saturated rings. The standard InChI is InChI=1S/C44H84NO2/c1-5-9-11-13-15-17-19-21-23-25-27-29-31-33-35-37-43(46)39-41-45(7-3,8-4)42-40-44(47)38-36-34-32-30-28-26-24-22-20-18-16-14-12-10-6-2/h21-24H,5-20,25-42H2,1-4H3/q+1. The van der Waals surface area contributed by atoms with Crippen molar-refractivity contribution in [2.75, 3.05) is 26.2 Å². The fourth-order valence-electron chi connectivity index (χ4n) is 6.73. The molecule has 0 unspecified atom stereocenters. The molecule has 3 heteroatoms. The highest BCUT2D eigenvalue weighted by atomic mass is 16.1. The van der Waals surface area contributed by atoms with Crippen molar-refractivity contribution in [3.8, 4) is 0 Å². The Labute approximate surface area is 295 Å². The van der Waals surface area contributed by atoms with Gasteiger partial charge in [0.15, 0.2) is 0 Å². The van der Waals surface area contributed by atoms with Crippen molar-refractivity contribution < 1.29 is 14.1 Å². The van der Waals surface area contributed by atoms with Crippen molar-refractivity contribution in [3.63, 3.8) is 0 Å². The third-order valence-electron chi connectivity index (χ3n) is 10.5. The second-order valence-corrected chi connectivity index (χ2v) is 14.7. The Morgan fingerprint density at radius 1 is 0.362 bits per heavy atom. The Morgan fingerprint density at radius 3 is 0.936 bits per heavy atom. The smallest absolute Gasteiger partial charge is 0.138 e. The van der Waals surface area contributed by atoms with E-state index in [0.29, 0.717) is 24.4 Å². The molecule has 276 valence electrons. The maximum atomic E-state index is 12.7. The van der Waals surface area contributed by atoms with Crippen molar-refractivity contribution in [2.45, 2.75) is 220 Å². The van der Waals surface area contributed by atoms with Crippen LogP contribution in [0, 0.1) is 0 Å². The lowest BCUT2D eigenvalue weighted by Gasteiger charge is -2.36. The number of rotatable bonds is 38. The molecule has 0 spiro atoms. The van der Waals surface area contributed by atoms with E-state index in [4.69, 9.17) is 0 Å². The quantitative estimate of drug-likeness (QED) is 0.0376. The molecule has 0 aliphatic rings. The molecule has 0 amide bonds. The minimum Gasteiger partial charge on any atom is -0.323 e. The molecule has 0 aromatic heterocycles. The lowest BCUT2D eigenvalue weighted by atomic mass is 10.0. The number of unbranched alkanes of at least 4 members (excludes halogenated alkanes) is 22. The Kier molecular flexibility index (Phi) is 35.1. The van der Waals surface area contributed by atoms with Gasteiger partial charge in [0.1, 0.15) is 11.6 Å². The Hall–Kier alpha value is -1.22. The predicted molar refractivity (Wildman–Crippen MR) is 209 cm³/mol. The molecule has 0 aromatic rings. The van der Waals surface area contributed by atoms with Crippen molar-refractivity contribution >= 4 is 11.6 Å². The molecule has 47 heavy (non-hydrogen) atoms. The number of ketones is 2. The Balaban J connectivity index is 3.81. The van der Waals surface area contributed by atoms with Gasteiger partial charge in [-0.2, -0.15) is 0 Å². The number of carbonyl (C=O) groups excluding carboxylic acids is 2. The first-order valence-corrected chi connectivity index (χ1v) is 21.2. The molecule has 0 aliphatic carbocycles. The van der Waals surface area contributed by atoms with Crippen LogP contribution in [0.5, 0.6) is 0 Å². The third-order valence-corrected chi connectivity index (χ3v) is 10.5. The largest absolute Gasteiger partial charge is 0.323 e. The molecule has 0 saturated heterocycles. The summed E-state index contributed by atoms with van der Waals surface area (Å²) in [6.07, 6.45) is 45.9. The zero-order valence-electron chi connectivity index (χ0n) is 32.6. The second-order valence-electron chi connectivity index (χ2n) is 14.7. The summed E-state index contributed by atoms with van der Waals surface area (Å²) in [4.78, 5) is 25.3. The first-order valence-electron chi connectivity index (χ1n) is 21.2. The Bertz CT molecular complexity index is 677. The molecule has 0 bridgehead atoms. The van der Waals surface area contributed by atoms with Gasteiger partial charge in [-0.1, -0.05) is 141 Å². The van der Waals surface area contributed by atoms with Gasteiger partial charge < -0.3 is 4.48 Å². The van der Waals surface area contributed by atoms with Crippen LogP contribution in [0.25, 0.3) is 0 Å². The highest BCUT2D eigenvalue weighted by Crippen LogP contribution is 2.15. The zero-order chi connectivity index (χ0) is 34.5. The summed E-state index contributed by atoms with van der Waals surface area (Å²) in [5.41, 5.74) is 0. The minimum atomic E-state index is 0.423. The van der Waals surface area contributed by atoms with Crippen LogP contribution in [0.4, 0.5) is 0 Å². The first kappa shape index (κ1) is 45.8. The monoisotopic (exact) mass is 659 g/mol. The topological polar surface area (TPSA) is 34.1 Å². The van der Waals surface area contributed by atoms with Crippen LogP contribution in [-0.4, -0.2) is 42.2 Å². The lowest BCUT2D eigenvalue weighted by molar-refractivity contribution is -0.923. The summed E-state index contributed by atoms with van der Waals surface area (Å²) in [7, 11) is 0. The molecule has 0 N–H and O–H groups in total. The highest BCUT2D eigenvalue weighted by Gasteiger charge is 2.25. The van der Waals surface area contributed by atoms with Crippen LogP contribution >= 0.6 is 0 Å². The Morgan fingerprint density at radius 2 is 0.638 bits per heavy atom. The molecule has 0 saturated carbocycles. The molecule has 0 radical (unpaired) electrons. The van der Waals surface area contributed by atoms with Gasteiger partial charge in [0.05, 0.1) is 39.0 Å². The van der Waals surface area contributed by atoms with Crippen molar-refractivity contribution in [1.29, 1.82) is 0 Å². The van der Waals surface area contributed by atoms with E-state index in [-0.39, 0.29) is 0 Å². The number of hydrogen-bond donors (Lipinski definition) is 0. The van der Waals surface area contributed by atoms with E-state index in [9.17, 15) is 9.59 Å². The summed E-state index contributed by atoms with van der Waals surface area (Å²) in [6, 6.07) is 0. The van der Waals surface area contributed by atoms with Gasteiger partial charge in [-0.15, -0.1) is 0 Å². The van der Waals surface area contributed by atoms with E-state index < -0.39 is 0 Å². The van der Waals surface area contributed by atoms with Gasteiger partial charge in [-0.25, -0.2) is 0 Å². The normalized spacial score (nSPS) is 12.2. The zero-order valence-corrected chi connectivity index (χ0v) is 32.6. The fourth-order valence-corrected chi connectivity index (χ4v) is 6.73. The van der Waals surface area contributed by atoms with E-state index in [1.807, 2.05) is 0 Å². The molecule has 0 aromatic carbocycles. The van der Waals surface area contributed by atoms with Crippen LogP contribution < -0.4 is 0 Å². The minimum absolute atomic E-state index is 0.423. The van der Waals surface area contributed by atoms with E-state index in [2.05, 4.69) is 52.0 Å². The van der Waals surface area contributed by atoms with Gasteiger partial charge >= 0.3 is 0 Å². The molecule has 0 atom stereocenters. The van der Waals surface area contributed by atoms with Crippen LogP contribution in [0.3, 0.4) is 0 Å². The average molecular weight is 659 g/mol. The van der Waals surface area contributed by atoms with E-state index in [1.54, 1.807) is 0 Å². The van der Waals surface area contributed by atoms with Gasteiger partial charge in [0, 0.05) is 12.8 Å². The van der Waals surface area contributed by atoms with E-state index in [0.717, 1.165) is 56.3 Å². The summed E-state index contributed by atoms with van der Waals surface area (Å²) in [6.45, 7) is 12.8. The summed E-state index contributed by atoms with van der Waals surface area (Å²) in [5, 5.41) is 0. The predicted octanol–water partition coefficient (Wildman–Crippen LogP) is 13.8. The van der Waals surface area contributed by atoms with Gasteiger partial charge in [-0.05, 0) is 78.1 Å². The van der Waals surface area contributed by atoms with Gasteiger partial charge in [0.25, 0.3) is 0 Å². The summed E-state index contributed by atoms with van der Waals surface area (Å²) >= 11 is 0. The maximum absolute atomic E-state index is 12.7. The van der Waals surface area contributed by atoms with Crippen LogP contribution in [-0.2, 0) is 9.59 Å². The van der Waals surface area contributed by atoms with Crippen molar-refractivity contribution in [2.24, 2.45) is 0 Å². The van der Waals surface area contributed by atoms with Gasteiger partial charge in [-0.3, -0.25) is 9.59 Å². The van der Waals surface area contributed by atoms with Crippen LogP contribution in [0.15, 0.2) is 24.3 Å². The first-order chi connectivity index (χ1) is 23.0. The molecule has 3 nitrogen and oxygen atoms in total. The van der Waals surface area contributed by atoms with E-state index in [1.165, 1.54) is 154 Å². The maximum Gasteiger partial charge on any atom is 0.138 e. The average Bonchev–Trinajstić information content (AvgIpc) is 3.08. The number of quaternary nitrogens is 1. The molecule has 0 aliphatic heterocycles. The molecular weight excluding hydrogens is 574 g/mol. The van der Waals surface area contributed by atoms with Gasteiger partial charge in [0.2, 0.25) is 0 Å². The van der Waals surface area contributed by atoms with E-state index >= 15 is 0 Å². The molecular formula is C44H84NO2+. The number of carbonyl (C=O) groups is 2. The number of allylic oxidation sites excluding steroid dienone is 4. The summed E-state index contributed by atoms with van der Waals surface area (Å²) in [5.74, 6) is 0.846. The highest BCUT2D eigenvalue weighted by molar-refractivity contribution is 5.78. The molecule has 0 rings (SSSR count). The number of hydrogen-bond acceptors (Lipinski definition) is 2. The summed E-state index contributed by atoms with van der Waals surface area (Å²) < 4.78 is 0.913. The van der Waals surface area contributed by atoms with Crippen molar-refractivity contribution in [1.82, 2.24) is 0 Å². The van der Waals surface area contributed by atoms with Crippen LogP contribution in [0.2, 0.25) is 0 Å². The SMILES string of the molecule is CCCCCCCCC=CCCCCCCCC(=O)CC[N+](CC)(CC)CCC(=O)CCCCCCCC=CCCCCCCCC. The fraction of sp³-hybridized carbons (Fsp3) is 0.864. The van der Waals surface area contributed by atoms with Crippen LogP contribution in [0.1, 0.15) is 220 Å². The second kappa shape index (κ2) is 36.1. The third kappa shape index (κ3) is 31.8. The number of Topliss-reactive ketones (excluding diaryl/α,β-unsaturated/α-hetero) is 2.